The van der Waals surface area contributed by atoms with Crippen LogP contribution in [-0.2, 0) is 0 Å². The van der Waals surface area contributed by atoms with Gasteiger partial charge in [-0.05, 0) is 49.0 Å². The minimum absolute atomic E-state index is 0.206. The Morgan fingerprint density at radius 1 is 1.18 bits per heavy atom. The first-order valence-electron chi connectivity index (χ1n) is 7.28. The number of hydrogen-bond acceptors (Lipinski definition) is 1. The Morgan fingerprint density at radius 3 is 2.47 bits per heavy atom. The van der Waals surface area contributed by atoms with Gasteiger partial charge in [-0.2, -0.15) is 0 Å². The first-order valence-corrected chi connectivity index (χ1v) is 7.28. The second-order valence-electron chi connectivity index (χ2n) is 6.75. The van der Waals surface area contributed by atoms with Crippen LogP contribution < -0.4 is 0 Å². The van der Waals surface area contributed by atoms with Gasteiger partial charge in [0.05, 0.1) is 6.10 Å². The summed E-state index contributed by atoms with van der Waals surface area (Å²) in [5.41, 5.74) is 1.60. The molecule has 1 nitrogen and oxygen atoms in total. The van der Waals surface area contributed by atoms with Crippen molar-refractivity contribution in [1.82, 2.24) is 0 Å². The molecule has 1 rings (SSSR count). The second-order valence-corrected chi connectivity index (χ2v) is 6.75. The average Bonchev–Trinajstić information content (AvgIpc) is 2.14. The molecule has 0 amide bonds. The maximum absolute atomic E-state index is 10.4. The van der Waals surface area contributed by atoms with Crippen LogP contribution in [-0.4, -0.2) is 11.2 Å². The maximum atomic E-state index is 10.4. The summed E-state index contributed by atoms with van der Waals surface area (Å²) in [6.07, 6.45) is 10.5. The van der Waals surface area contributed by atoms with Gasteiger partial charge in [0.25, 0.3) is 0 Å². The van der Waals surface area contributed by atoms with E-state index < -0.39 is 0 Å². The lowest BCUT2D eigenvalue weighted by atomic mass is 9.77. The zero-order valence-corrected chi connectivity index (χ0v) is 12.1. The van der Waals surface area contributed by atoms with E-state index in [2.05, 4.69) is 33.8 Å². The van der Waals surface area contributed by atoms with Gasteiger partial charge in [0.15, 0.2) is 0 Å². The number of aliphatic hydroxyl groups is 1. The van der Waals surface area contributed by atoms with Crippen molar-refractivity contribution in [2.45, 2.75) is 78.7 Å². The van der Waals surface area contributed by atoms with Crippen molar-refractivity contribution >= 4 is 0 Å². The first-order chi connectivity index (χ1) is 7.91. The van der Waals surface area contributed by atoms with E-state index in [9.17, 15) is 5.11 Å². The molecule has 1 N–H and O–H groups in total. The lowest BCUT2D eigenvalue weighted by Gasteiger charge is -2.30. The molecule has 0 aromatic carbocycles. The molecule has 1 aliphatic rings. The van der Waals surface area contributed by atoms with Crippen molar-refractivity contribution in [1.29, 1.82) is 0 Å². The van der Waals surface area contributed by atoms with Crippen LogP contribution in [0.3, 0.4) is 0 Å². The van der Waals surface area contributed by atoms with Crippen LogP contribution in [0.4, 0.5) is 0 Å². The Labute approximate surface area is 107 Å². The normalized spacial score (nSPS) is 22.3. The third-order valence-electron chi connectivity index (χ3n) is 4.31. The summed E-state index contributed by atoms with van der Waals surface area (Å²) >= 11 is 0. The fraction of sp³-hybridized carbons (Fsp3) is 0.875. The van der Waals surface area contributed by atoms with Gasteiger partial charge in [-0.25, -0.2) is 0 Å². The molecule has 0 radical (unpaired) electrons. The molecular weight excluding hydrogens is 208 g/mol. The predicted octanol–water partition coefficient (Wildman–Crippen LogP) is 4.70. The summed E-state index contributed by atoms with van der Waals surface area (Å²) in [7, 11) is 0. The highest BCUT2D eigenvalue weighted by Crippen LogP contribution is 2.31. The van der Waals surface area contributed by atoms with Gasteiger partial charge in [0.2, 0.25) is 0 Å². The molecular formula is C16H30O. The molecule has 0 aliphatic heterocycles. The maximum Gasteiger partial charge on any atom is 0.0752 e. The van der Waals surface area contributed by atoms with E-state index in [1.54, 1.807) is 0 Å². The number of allylic oxidation sites excluding steroid dienone is 1. The highest BCUT2D eigenvalue weighted by atomic mass is 16.3. The molecule has 100 valence electrons. The van der Waals surface area contributed by atoms with Gasteiger partial charge in [-0.3, -0.25) is 0 Å². The SMILES string of the molecule is CC(CC(O)C1=CCCCCCC1)C(C)(C)C. The van der Waals surface area contributed by atoms with Gasteiger partial charge in [-0.1, -0.05) is 46.6 Å². The molecule has 0 fully saturated rings. The lowest BCUT2D eigenvalue weighted by Crippen LogP contribution is -2.24. The van der Waals surface area contributed by atoms with E-state index in [1.165, 1.54) is 31.3 Å². The summed E-state index contributed by atoms with van der Waals surface area (Å²) in [5, 5.41) is 10.4. The third-order valence-corrected chi connectivity index (χ3v) is 4.31. The van der Waals surface area contributed by atoms with Crippen LogP contribution in [0.1, 0.15) is 72.6 Å². The van der Waals surface area contributed by atoms with Crippen LogP contribution in [0.25, 0.3) is 0 Å². The predicted molar refractivity (Wildman–Crippen MR) is 75.0 cm³/mol. The summed E-state index contributed by atoms with van der Waals surface area (Å²) in [6.45, 7) is 9.04. The minimum Gasteiger partial charge on any atom is -0.389 e. The zero-order valence-electron chi connectivity index (χ0n) is 12.1. The van der Waals surface area contributed by atoms with Crippen LogP contribution in [0.2, 0.25) is 0 Å². The molecule has 2 atom stereocenters. The van der Waals surface area contributed by atoms with Crippen LogP contribution in [0.15, 0.2) is 11.6 Å². The van der Waals surface area contributed by atoms with E-state index in [0.29, 0.717) is 11.3 Å². The lowest BCUT2D eigenvalue weighted by molar-refractivity contribution is 0.132. The Bertz CT molecular complexity index is 247. The number of rotatable bonds is 3. The molecule has 0 spiro atoms. The van der Waals surface area contributed by atoms with Crippen LogP contribution in [0, 0.1) is 11.3 Å². The van der Waals surface area contributed by atoms with Crippen LogP contribution in [0.5, 0.6) is 0 Å². The largest absolute Gasteiger partial charge is 0.389 e. The fourth-order valence-corrected chi connectivity index (χ4v) is 2.36. The second kappa shape index (κ2) is 6.58. The van der Waals surface area contributed by atoms with Crippen molar-refractivity contribution in [2.75, 3.05) is 0 Å². The molecule has 1 aliphatic carbocycles. The van der Waals surface area contributed by atoms with E-state index in [-0.39, 0.29) is 6.10 Å². The summed E-state index contributed by atoms with van der Waals surface area (Å²) in [6, 6.07) is 0. The Kier molecular flexibility index (Phi) is 5.72. The van der Waals surface area contributed by atoms with Gasteiger partial charge < -0.3 is 5.11 Å². The molecule has 1 heteroatoms. The monoisotopic (exact) mass is 238 g/mol. The smallest absolute Gasteiger partial charge is 0.0752 e. The Morgan fingerprint density at radius 2 is 1.82 bits per heavy atom. The highest BCUT2D eigenvalue weighted by Gasteiger charge is 2.24. The third kappa shape index (κ3) is 5.25. The number of hydrogen-bond donors (Lipinski definition) is 1. The molecule has 0 bridgehead atoms. The highest BCUT2D eigenvalue weighted by molar-refractivity contribution is 5.09. The minimum atomic E-state index is -0.206. The van der Waals surface area contributed by atoms with Crippen molar-refractivity contribution < 1.29 is 5.11 Å². The Hall–Kier alpha value is -0.300. The van der Waals surface area contributed by atoms with E-state index in [1.807, 2.05) is 0 Å². The molecule has 0 heterocycles. The van der Waals surface area contributed by atoms with Crippen molar-refractivity contribution in [2.24, 2.45) is 11.3 Å². The Balaban J connectivity index is 2.53. The topological polar surface area (TPSA) is 20.2 Å². The van der Waals surface area contributed by atoms with Gasteiger partial charge in [0, 0.05) is 0 Å². The molecule has 0 aromatic rings. The molecule has 0 saturated heterocycles. The summed E-state index contributed by atoms with van der Waals surface area (Å²) in [5.74, 6) is 0.559. The summed E-state index contributed by atoms with van der Waals surface area (Å²) in [4.78, 5) is 0. The quantitative estimate of drug-likeness (QED) is 0.707. The van der Waals surface area contributed by atoms with Crippen LogP contribution >= 0.6 is 0 Å². The van der Waals surface area contributed by atoms with Crippen molar-refractivity contribution in [3.05, 3.63) is 11.6 Å². The van der Waals surface area contributed by atoms with Gasteiger partial charge in [-0.15, -0.1) is 0 Å². The average molecular weight is 238 g/mol. The molecule has 17 heavy (non-hydrogen) atoms. The van der Waals surface area contributed by atoms with E-state index >= 15 is 0 Å². The zero-order chi connectivity index (χ0) is 12.9. The molecule has 0 saturated carbocycles. The van der Waals surface area contributed by atoms with Gasteiger partial charge >= 0.3 is 0 Å². The first kappa shape index (κ1) is 14.8. The number of aliphatic hydroxyl groups excluding tert-OH is 1. The van der Waals surface area contributed by atoms with Gasteiger partial charge in [0.1, 0.15) is 0 Å². The standard InChI is InChI=1S/C16H30O/c1-13(16(2,3)4)12-15(17)14-10-8-6-5-7-9-11-14/h10,13,15,17H,5-9,11-12H2,1-4H3. The van der Waals surface area contributed by atoms with E-state index in [4.69, 9.17) is 0 Å². The van der Waals surface area contributed by atoms with Crippen molar-refractivity contribution in [3.63, 3.8) is 0 Å². The molecule has 2 unspecified atom stereocenters. The summed E-state index contributed by atoms with van der Waals surface area (Å²) < 4.78 is 0. The van der Waals surface area contributed by atoms with E-state index in [0.717, 1.165) is 19.3 Å². The fourth-order valence-electron chi connectivity index (χ4n) is 2.36. The molecule has 0 aromatic heterocycles. The van der Waals surface area contributed by atoms with Crippen molar-refractivity contribution in [3.8, 4) is 0 Å².